The van der Waals surface area contributed by atoms with Crippen molar-refractivity contribution in [2.45, 2.75) is 51.6 Å². The van der Waals surface area contributed by atoms with Crippen molar-refractivity contribution in [1.29, 1.82) is 0 Å². The quantitative estimate of drug-likeness (QED) is 0.626. The molecule has 1 unspecified atom stereocenters. The molecule has 3 heteroatoms. The van der Waals surface area contributed by atoms with Crippen molar-refractivity contribution in [1.82, 2.24) is 0 Å². The number of ether oxygens (including phenoxy) is 1. The van der Waals surface area contributed by atoms with Crippen LogP contribution in [0.1, 0.15) is 45.4 Å². The molecule has 1 rings (SSSR count). The van der Waals surface area contributed by atoms with Gasteiger partial charge < -0.3 is 4.74 Å². The Bertz CT molecular complexity index is 198. The second-order valence-corrected chi connectivity index (χ2v) is 3.44. The van der Waals surface area contributed by atoms with Gasteiger partial charge >= 0.3 is 5.97 Å². The Morgan fingerprint density at radius 2 is 2.38 bits per heavy atom. The smallest absolute Gasteiger partial charge is 0.306 e. The highest BCUT2D eigenvalue weighted by Gasteiger charge is 2.27. The zero-order chi connectivity index (χ0) is 9.68. The van der Waals surface area contributed by atoms with Crippen molar-refractivity contribution in [3.05, 3.63) is 0 Å². The average molecular weight is 184 g/mol. The highest BCUT2D eigenvalue weighted by atomic mass is 16.5. The predicted octanol–water partition coefficient (Wildman–Crippen LogP) is 1.84. The van der Waals surface area contributed by atoms with Crippen LogP contribution in [-0.2, 0) is 14.3 Å². The molecule has 74 valence electrons. The summed E-state index contributed by atoms with van der Waals surface area (Å²) in [6.07, 6.45) is 4.00. The van der Waals surface area contributed by atoms with E-state index in [1.165, 1.54) is 0 Å². The van der Waals surface area contributed by atoms with E-state index in [4.69, 9.17) is 4.74 Å². The molecule has 0 radical (unpaired) electrons. The third-order valence-corrected chi connectivity index (χ3v) is 2.26. The summed E-state index contributed by atoms with van der Waals surface area (Å²) in [5.74, 6) is -0.132. The Morgan fingerprint density at radius 3 is 2.92 bits per heavy atom. The van der Waals surface area contributed by atoms with Crippen molar-refractivity contribution >= 4 is 11.8 Å². The Labute approximate surface area is 78.5 Å². The van der Waals surface area contributed by atoms with E-state index in [2.05, 4.69) is 0 Å². The van der Waals surface area contributed by atoms with Gasteiger partial charge in [-0.15, -0.1) is 0 Å². The molecule has 0 aromatic heterocycles. The third-order valence-electron chi connectivity index (χ3n) is 2.26. The standard InChI is InChI=1S/C10H16O3/c1-2-3-7-10(12)13-9-6-4-5-8(9)11/h9H,2-7H2,1H3. The summed E-state index contributed by atoms with van der Waals surface area (Å²) in [6, 6.07) is 0. The van der Waals surface area contributed by atoms with Gasteiger partial charge in [-0.2, -0.15) is 0 Å². The number of hydrogen-bond acceptors (Lipinski definition) is 3. The minimum absolute atomic E-state index is 0.0878. The van der Waals surface area contributed by atoms with Crippen LogP contribution >= 0.6 is 0 Å². The largest absolute Gasteiger partial charge is 0.454 e. The van der Waals surface area contributed by atoms with Crippen LogP contribution in [0.4, 0.5) is 0 Å². The maximum Gasteiger partial charge on any atom is 0.306 e. The first-order valence-corrected chi connectivity index (χ1v) is 4.96. The van der Waals surface area contributed by atoms with Crippen molar-refractivity contribution in [2.75, 3.05) is 0 Å². The third kappa shape index (κ3) is 3.17. The normalized spacial score (nSPS) is 21.9. The average Bonchev–Trinajstić information content (AvgIpc) is 2.48. The summed E-state index contributed by atoms with van der Waals surface area (Å²) in [5, 5.41) is 0. The molecule has 1 aliphatic rings. The van der Waals surface area contributed by atoms with Gasteiger partial charge in [0.2, 0.25) is 0 Å². The molecule has 3 nitrogen and oxygen atoms in total. The number of esters is 1. The van der Waals surface area contributed by atoms with Gasteiger partial charge in [-0.1, -0.05) is 13.3 Å². The van der Waals surface area contributed by atoms with Crippen molar-refractivity contribution < 1.29 is 14.3 Å². The summed E-state index contributed by atoms with van der Waals surface area (Å²) in [6.45, 7) is 2.02. The lowest BCUT2D eigenvalue weighted by Gasteiger charge is -2.09. The van der Waals surface area contributed by atoms with E-state index < -0.39 is 6.10 Å². The van der Waals surface area contributed by atoms with E-state index in [9.17, 15) is 9.59 Å². The van der Waals surface area contributed by atoms with E-state index in [-0.39, 0.29) is 11.8 Å². The Hall–Kier alpha value is -0.860. The summed E-state index contributed by atoms with van der Waals surface area (Å²) in [4.78, 5) is 22.2. The molecule has 1 atom stereocenters. The Balaban J connectivity index is 2.23. The first-order valence-electron chi connectivity index (χ1n) is 4.96. The molecule has 0 aromatic rings. The highest BCUT2D eigenvalue weighted by Crippen LogP contribution is 2.18. The Kier molecular flexibility index (Phi) is 3.93. The van der Waals surface area contributed by atoms with E-state index in [0.717, 1.165) is 25.7 Å². The molecule has 0 spiro atoms. The lowest BCUT2D eigenvalue weighted by Crippen LogP contribution is -2.21. The van der Waals surface area contributed by atoms with E-state index in [0.29, 0.717) is 12.8 Å². The molecule has 1 saturated carbocycles. The number of ketones is 1. The van der Waals surface area contributed by atoms with Gasteiger partial charge in [0.05, 0.1) is 0 Å². The SMILES string of the molecule is CCCCC(=O)OC1CCCC1=O. The van der Waals surface area contributed by atoms with Crippen LogP contribution in [0.2, 0.25) is 0 Å². The molecule has 0 N–H and O–H groups in total. The van der Waals surface area contributed by atoms with E-state index in [1.54, 1.807) is 0 Å². The van der Waals surface area contributed by atoms with Gasteiger partial charge in [0.25, 0.3) is 0 Å². The number of hydrogen-bond donors (Lipinski definition) is 0. The van der Waals surface area contributed by atoms with Crippen LogP contribution in [0.3, 0.4) is 0 Å². The molecule has 0 aromatic carbocycles. The lowest BCUT2D eigenvalue weighted by molar-refractivity contribution is -0.153. The molecule has 0 aliphatic heterocycles. The first kappa shape index (κ1) is 10.2. The summed E-state index contributed by atoms with van der Waals surface area (Å²) in [5.41, 5.74) is 0. The number of unbranched alkanes of at least 4 members (excludes halogenated alkanes) is 1. The highest BCUT2D eigenvalue weighted by molar-refractivity contribution is 5.87. The van der Waals surface area contributed by atoms with Crippen LogP contribution in [0.15, 0.2) is 0 Å². The van der Waals surface area contributed by atoms with Gasteiger partial charge in [-0.25, -0.2) is 0 Å². The molecule has 0 heterocycles. The maximum absolute atomic E-state index is 11.1. The van der Waals surface area contributed by atoms with Gasteiger partial charge in [-0.05, 0) is 19.3 Å². The van der Waals surface area contributed by atoms with Gasteiger partial charge in [0, 0.05) is 12.8 Å². The van der Waals surface area contributed by atoms with Crippen LogP contribution in [0, 0.1) is 0 Å². The second kappa shape index (κ2) is 5.00. The first-order chi connectivity index (χ1) is 6.24. The molecule has 0 bridgehead atoms. The van der Waals surface area contributed by atoms with E-state index >= 15 is 0 Å². The van der Waals surface area contributed by atoms with Gasteiger partial charge in [-0.3, -0.25) is 9.59 Å². The lowest BCUT2D eigenvalue weighted by atomic mass is 10.2. The molecule has 1 fully saturated rings. The van der Waals surface area contributed by atoms with E-state index in [1.807, 2.05) is 6.92 Å². The topological polar surface area (TPSA) is 43.4 Å². The molecule has 0 saturated heterocycles. The van der Waals surface area contributed by atoms with Crippen LogP contribution in [0.25, 0.3) is 0 Å². The van der Waals surface area contributed by atoms with Crippen molar-refractivity contribution in [3.8, 4) is 0 Å². The molecule has 0 amide bonds. The Morgan fingerprint density at radius 1 is 1.62 bits per heavy atom. The van der Waals surface area contributed by atoms with Crippen molar-refractivity contribution in [2.24, 2.45) is 0 Å². The zero-order valence-electron chi connectivity index (χ0n) is 8.04. The summed E-state index contributed by atoms with van der Waals surface area (Å²) < 4.78 is 5.04. The fraction of sp³-hybridized carbons (Fsp3) is 0.800. The second-order valence-electron chi connectivity index (χ2n) is 3.44. The van der Waals surface area contributed by atoms with Crippen LogP contribution < -0.4 is 0 Å². The molecule has 1 aliphatic carbocycles. The minimum Gasteiger partial charge on any atom is -0.454 e. The van der Waals surface area contributed by atoms with Crippen LogP contribution in [0.5, 0.6) is 0 Å². The molecule has 13 heavy (non-hydrogen) atoms. The fourth-order valence-electron chi connectivity index (χ4n) is 1.45. The number of carbonyl (C=O) groups excluding carboxylic acids is 2. The van der Waals surface area contributed by atoms with Crippen LogP contribution in [-0.4, -0.2) is 17.9 Å². The predicted molar refractivity (Wildman–Crippen MR) is 48.3 cm³/mol. The fourth-order valence-corrected chi connectivity index (χ4v) is 1.45. The minimum atomic E-state index is -0.427. The number of carbonyl (C=O) groups is 2. The van der Waals surface area contributed by atoms with Gasteiger partial charge in [0.1, 0.15) is 0 Å². The van der Waals surface area contributed by atoms with Gasteiger partial charge in [0.15, 0.2) is 11.9 Å². The number of Topliss-reactive ketones (excluding diaryl/α,β-unsaturated/α-hetero) is 1. The maximum atomic E-state index is 11.1. The summed E-state index contributed by atoms with van der Waals surface area (Å²) >= 11 is 0. The zero-order valence-corrected chi connectivity index (χ0v) is 8.04. The summed E-state index contributed by atoms with van der Waals surface area (Å²) in [7, 11) is 0. The molecular weight excluding hydrogens is 168 g/mol. The number of rotatable bonds is 4. The molecular formula is C10H16O3. The monoisotopic (exact) mass is 184 g/mol. The van der Waals surface area contributed by atoms with Crippen molar-refractivity contribution in [3.63, 3.8) is 0 Å².